The summed E-state index contributed by atoms with van der Waals surface area (Å²) in [6.07, 6.45) is 0. The standard InChI is InChI=1S/C22H15Cl2N3O2S/c1-12-4-2-5-13(8-12)20(28)27-22(30)25-16-7-3-6-14(9-16)21-26-18-11-15(23)10-17(24)19(18)29-21/h2-11H,1H3,(H2,25,27,28,30). The number of halogens is 2. The van der Waals surface area contributed by atoms with Gasteiger partial charge in [0.2, 0.25) is 5.89 Å². The topological polar surface area (TPSA) is 67.2 Å². The fourth-order valence-electron chi connectivity index (χ4n) is 2.94. The Kier molecular flexibility index (Phi) is 5.72. The summed E-state index contributed by atoms with van der Waals surface area (Å²) >= 11 is 17.5. The highest BCUT2D eigenvalue weighted by Crippen LogP contribution is 2.32. The van der Waals surface area contributed by atoms with Crippen LogP contribution in [-0.4, -0.2) is 16.0 Å². The molecule has 0 aliphatic rings. The Morgan fingerprint density at radius 1 is 1.07 bits per heavy atom. The molecule has 150 valence electrons. The van der Waals surface area contributed by atoms with E-state index < -0.39 is 0 Å². The quantitative estimate of drug-likeness (QED) is 0.358. The maximum atomic E-state index is 12.4. The molecule has 1 aromatic heterocycles. The van der Waals surface area contributed by atoms with Gasteiger partial charge in [-0.1, -0.05) is 47.0 Å². The van der Waals surface area contributed by atoms with E-state index in [0.717, 1.165) is 11.1 Å². The van der Waals surface area contributed by atoms with E-state index in [1.54, 1.807) is 24.3 Å². The molecular formula is C22H15Cl2N3O2S. The van der Waals surface area contributed by atoms with Crippen LogP contribution in [0.25, 0.3) is 22.6 Å². The van der Waals surface area contributed by atoms with Gasteiger partial charge in [-0.25, -0.2) is 4.98 Å². The Bertz CT molecular complexity index is 1290. The van der Waals surface area contributed by atoms with Crippen molar-refractivity contribution in [3.63, 3.8) is 0 Å². The zero-order valence-electron chi connectivity index (χ0n) is 15.7. The van der Waals surface area contributed by atoms with Crippen molar-refractivity contribution in [3.05, 3.63) is 81.8 Å². The van der Waals surface area contributed by atoms with E-state index in [1.165, 1.54) is 0 Å². The molecule has 0 bridgehead atoms. The fraction of sp³-hybridized carbons (Fsp3) is 0.0455. The summed E-state index contributed by atoms with van der Waals surface area (Å²) in [5.74, 6) is 0.116. The maximum Gasteiger partial charge on any atom is 0.257 e. The van der Waals surface area contributed by atoms with Crippen LogP contribution in [0.4, 0.5) is 5.69 Å². The van der Waals surface area contributed by atoms with Crippen molar-refractivity contribution in [1.29, 1.82) is 0 Å². The molecule has 3 aromatic carbocycles. The molecule has 8 heteroatoms. The number of rotatable bonds is 3. The van der Waals surface area contributed by atoms with Crippen LogP contribution in [0.15, 0.2) is 65.1 Å². The first-order valence-electron chi connectivity index (χ1n) is 8.94. The molecule has 1 heterocycles. The average Bonchev–Trinajstić information content (AvgIpc) is 3.12. The molecule has 0 aliphatic carbocycles. The summed E-state index contributed by atoms with van der Waals surface area (Å²) in [5, 5.41) is 6.75. The molecule has 0 atom stereocenters. The third-order valence-corrected chi connectivity index (χ3v) is 4.99. The highest BCUT2D eigenvalue weighted by atomic mass is 35.5. The predicted octanol–water partition coefficient (Wildman–Crippen LogP) is 6.24. The summed E-state index contributed by atoms with van der Waals surface area (Å²) in [6, 6.07) is 17.9. The molecule has 0 aliphatic heterocycles. The number of anilines is 1. The molecule has 5 nitrogen and oxygen atoms in total. The van der Waals surface area contributed by atoms with E-state index in [1.807, 2.05) is 43.3 Å². The second-order valence-electron chi connectivity index (χ2n) is 6.61. The Morgan fingerprint density at radius 2 is 1.87 bits per heavy atom. The lowest BCUT2D eigenvalue weighted by Crippen LogP contribution is -2.34. The first kappa shape index (κ1) is 20.3. The third-order valence-electron chi connectivity index (χ3n) is 4.28. The van der Waals surface area contributed by atoms with E-state index in [-0.39, 0.29) is 11.0 Å². The van der Waals surface area contributed by atoms with Crippen LogP contribution in [0.3, 0.4) is 0 Å². The van der Waals surface area contributed by atoms with Crippen molar-refractivity contribution in [1.82, 2.24) is 10.3 Å². The summed E-state index contributed by atoms with van der Waals surface area (Å²) in [5.41, 5.74) is 3.96. The summed E-state index contributed by atoms with van der Waals surface area (Å²) in [6.45, 7) is 1.92. The number of nitrogens with zero attached hydrogens (tertiary/aromatic N) is 1. The number of thiocarbonyl (C=S) groups is 1. The Balaban J connectivity index is 1.51. The zero-order valence-corrected chi connectivity index (χ0v) is 18.0. The lowest BCUT2D eigenvalue weighted by molar-refractivity contribution is 0.0977. The van der Waals surface area contributed by atoms with Gasteiger partial charge in [0.25, 0.3) is 5.91 Å². The summed E-state index contributed by atoms with van der Waals surface area (Å²) in [4.78, 5) is 16.8. The van der Waals surface area contributed by atoms with Gasteiger partial charge < -0.3 is 9.73 Å². The second-order valence-corrected chi connectivity index (χ2v) is 7.87. The third kappa shape index (κ3) is 4.46. The lowest BCUT2D eigenvalue weighted by atomic mass is 10.1. The van der Waals surface area contributed by atoms with Crippen molar-refractivity contribution in [2.45, 2.75) is 6.92 Å². The van der Waals surface area contributed by atoms with Gasteiger partial charge >= 0.3 is 0 Å². The van der Waals surface area contributed by atoms with Gasteiger partial charge in [-0.2, -0.15) is 0 Å². The van der Waals surface area contributed by atoms with E-state index in [0.29, 0.717) is 38.3 Å². The number of benzene rings is 3. The number of aromatic nitrogens is 1. The van der Waals surface area contributed by atoms with Crippen LogP contribution in [-0.2, 0) is 0 Å². The highest BCUT2D eigenvalue weighted by molar-refractivity contribution is 7.80. The fourth-order valence-corrected chi connectivity index (χ4v) is 3.67. The van der Waals surface area contributed by atoms with Crippen molar-refractivity contribution >= 4 is 63.2 Å². The molecule has 0 radical (unpaired) electrons. The first-order chi connectivity index (χ1) is 14.4. The molecule has 4 aromatic rings. The van der Waals surface area contributed by atoms with Crippen molar-refractivity contribution in [2.24, 2.45) is 0 Å². The van der Waals surface area contributed by atoms with Crippen LogP contribution in [0, 0.1) is 6.92 Å². The van der Waals surface area contributed by atoms with Crippen LogP contribution in [0.1, 0.15) is 15.9 Å². The van der Waals surface area contributed by atoms with E-state index >= 15 is 0 Å². The van der Waals surface area contributed by atoms with Gasteiger partial charge in [0.1, 0.15) is 5.52 Å². The number of amides is 1. The van der Waals surface area contributed by atoms with E-state index in [9.17, 15) is 4.79 Å². The molecule has 1 amide bonds. The van der Waals surface area contributed by atoms with Crippen LogP contribution < -0.4 is 10.6 Å². The zero-order chi connectivity index (χ0) is 21.3. The van der Waals surface area contributed by atoms with Gasteiger partial charge in [0.05, 0.1) is 5.02 Å². The van der Waals surface area contributed by atoms with E-state index in [4.69, 9.17) is 39.8 Å². The Morgan fingerprint density at radius 3 is 2.67 bits per heavy atom. The Hall–Kier alpha value is -2.93. The monoisotopic (exact) mass is 455 g/mol. The number of hydrogen-bond acceptors (Lipinski definition) is 4. The smallest absolute Gasteiger partial charge is 0.257 e. The normalized spacial score (nSPS) is 10.8. The van der Waals surface area contributed by atoms with Crippen LogP contribution in [0.5, 0.6) is 0 Å². The summed E-state index contributed by atoms with van der Waals surface area (Å²) in [7, 11) is 0. The number of fused-ring (bicyclic) bond motifs is 1. The van der Waals surface area contributed by atoms with Gasteiger partial charge in [-0.15, -0.1) is 0 Å². The second kappa shape index (κ2) is 8.44. The minimum absolute atomic E-state index is 0.186. The highest BCUT2D eigenvalue weighted by Gasteiger charge is 2.13. The number of hydrogen-bond donors (Lipinski definition) is 2. The predicted molar refractivity (Wildman–Crippen MR) is 124 cm³/mol. The van der Waals surface area contributed by atoms with Crippen molar-refractivity contribution < 1.29 is 9.21 Å². The number of nitrogens with one attached hydrogen (secondary N) is 2. The molecule has 0 unspecified atom stereocenters. The molecule has 0 saturated carbocycles. The molecule has 4 rings (SSSR count). The number of oxazole rings is 1. The largest absolute Gasteiger partial charge is 0.435 e. The molecule has 0 fully saturated rings. The molecule has 0 spiro atoms. The van der Waals surface area contributed by atoms with Crippen LogP contribution >= 0.6 is 35.4 Å². The van der Waals surface area contributed by atoms with Crippen molar-refractivity contribution in [3.8, 4) is 11.5 Å². The van der Waals surface area contributed by atoms with Gasteiger partial charge in [0, 0.05) is 21.8 Å². The number of carbonyl (C=O) groups is 1. The maximum absolute atomic E-state index is 12.4. The van der Waals surface area contributed by atoms with Crippen molar-refractivity contribution in [2.75, 3.05) is 5.32 Å². The van der Waals surface area contributed by atoms with Gasteiger partial charge in [0.15, 0.2) is 10.7 Å². The summed E-state index contributed by atoms with van der Waals surface area (Å²) < 4.78 is 5.80. The average molecular weight is 456 g/mol. The Labute approximate surface area is 188 Å². The molecular weight excluding hydrogens is 441 g/mol. The minimum Gasteiger partial charge on any atom is -0.435 e. The molecule has 30 heavy (non-hydrogen) atoms. The van der Waals surface area contributed by atoms with Gasteiger partial charge in [-0.3, -0.25) is 10.1 Å². The molecule has 2 N–H and O–H groups in total. The molecule has 0 saturated heterocycles. The van der Waals surface area contributed by atoms with Gasteiger partial charge in [-0.05, 0) is 61.6 Å². The van der Waals surface area contributed by atoms with E-state index in [2.05, 4.69) is 15.6 Å². The minimum atomic E-state index is -0.280. The van der Waals surface area contributed by atoms with Crippen LogP contribution in [0.2, 0.25) is 10.0 Å². The number of aryl methyl sites for hydroxylation is 1. The first-order valence-corrected chi connectivity index (χ1v) is 10.1. The SMILES string of the molecule is Cc1cccc(C(=O)NC(=S)Nc2cccc(-c3nc4cc(Cl)cc(Cl)c4o3)c2)c1. The number of carbonyl (C=O) groups excluding carboxylic acids is 1. The lowest BCUT2D eigenvalue weighted by Gasteiger charge is -2.10.